The van der Waals surface area contributed by atoms with Gasteiger partial charge in [0.05, 0.1) is 12.4 Å². The lowest BCUT2D eigenvalue weighted by Crippen LogP contribution is -2.15. The Kier molecular flexibility index (Phi) is 4.98. The molecular weight excluding hydrogens is 324 g/mol. The minimum atomic E-state index is -0.275. The van der Waals surface area contributed by atoms with Crippen molar-refractivity contribution < 1.29 is 4.79 Å². The monoisotopic (exact) mass is 346 g/mol. The van der Waals surface area contributed by atoms with Crippen LogP contribution in [-0.4, -0.2) is 15.9 Å². The van der Waals surface area contributed by atoms with Crippen molar-refractivity contribution in [2.24, 2.45) is 0 Å². The van der Waals surface area contributed by atoms with Crippen molar-refractivity contribution in [1.82, 2.24) is 9.97 Å². The first kappa shape index (κ1) is 17.6. The maximum Gasteiger partial charge on any atom is 0.275 e. The highest BCUT2D eigenvalue weighted by atomic mass is 16.1. The van der Waals surface area contributed by atoms with E-state index in [1.165, 1.54) is 11.8 Å². The largest absolute Gasteiger partial charge is 0.339 e. The molecule has 0 atom stereocenters. The van der Waals surface area contributed by atoms with Crippen molar-refractivity contribution in [3.63, 3.8) is 0 Å². The van der Waals surface area contributed by atoms with Crippen LogP contribution in [0.25, 0.3) is 0 Å². The van der Waals surface area contributed by atoms with E-state index in [4.69, 9.17) is 0 Å². The number of rotatable bonds is 4. The highest BCUT2D eigenvalue weighted by Gasteiger charge is 2.10. The summed E-state index contributed by atoms with van der Waals surface area (Å²) in [7, 11) is 0. The fourth-order valence-electron chi connectivity index (χ4n) is 2.74. The van der Waals surface area contributed by atoms with E-state index in [0.717, 1.165) is 28.1 Å². The molecule has 3 rings (SSSR count). The number of nitrogens with zero attached hydrogens (tertiary/aromatic N) is 2. The molecule has 0 aliphatic heterocycles. The second-order valence-corrected chi connectivity index (χ2v) is 6.50. The molecule has 0 bridgehead atoms. The van der Waals surface area contributed by atoms with Crippen molar-refractivity contribution >= 4 is 23.1 Å². The fraction of sp³-hybridized carbons (Fsp3) is 0.190. The van der Waals surface area contributed by atoms with Gasteiger partial charge in [0.15, 0.2) is 0 Å². The zero-order valence-electron chi connectivity index (χ0n) is 15.4. The minimum Gasteiger partial charge on any atom is -0.339 e. The van der Waals surface area contributed by atoms with Crippen LogP contribution in [0.15, 0.2) is 48.8 Å². The summed E-state index contributed by atoms with van der Waals surface area (Å²) in [6.45, 7) is 8.07. The quantitative estimate of drug-likeness (QED) is 0.718. The highest BCUT2D eigenvalue weighted by Crippen LogP contribution is 2.20. The van der Waals surface area contributed by atoms with Crippen molar-refractivity contribution in [3.8, 4) is 0 Å². The van der Waals surface area contributed by atoms with Crippen LogP contribution in [0.2, 0.25) is 0 Å². The number of hydrogen-bond donors (Lipinski definition) is 2. The SMILES string of the molecule is Cc1ccc(NC(=O)c2cnc(Nc3ccc(C)cc3C)cn2)c(C)c1. The summed E-state index contributed by atoms with van der Waals surface area (Å²) in [4.78, 5) is 20.9. The van der Waals surface area contributed by atoms with Crippen molar-refractivity contribution in [2.75, 3.05) is 10.6 Å². The summed E-state index contributed by atoms with van der Waals surface area (Å²) in [5.41, 5.74) is 6.52. The molecule has 0 aliphatic carbocycles. The lowest BCUT2D eigenvalue weighted by atomic mass is 10.1. The topological polar surface area (TPSA) is 66.9 Å². The van der Waals surface area contributed by atoms with Gasteiger partial charge in [-0.25, -0.2) is 9.97 Å². The van der Waals surface area contributed by atoms with Gasteiger partial charge in [0.1, 0.15) is 11.5 Å². The predicted molar refractivity (Wildman–Crippen MR) is 105 cm³/mol. The third kappa shape index (κ3) is 4.06. The van der Waals surface area contributed by atoms with E-state index >= 15 is 0 Å². The number of hydrogen-bond acceptors (Lipinski definition) is 4. The Balaban J connectivity index is 1.71. The second kappa shape index (κ2) is 7.35. The first-order chi connectivity index (χ1) is 12.4. The van der Waals surface area contributed by atoms with Gasteiger partial charge in [-0.15, -0.1) is 0 Å². The van der Waals surface area contributed by atoms with Gasteiger partial charge in [-0.2, -0.15) is 0 Å². The highest BCUT2D eigenvalue weighted by molar-refractivity contribution is 6.03. The van der Waals surface area contributed by atoms with Crippen LogP contribution in [0.1, 0.15) is 32.7 Å². The summed E-state index contributed by atoms with van der Waals surface area (Å²) in [6.07, 6.45) is 3.04. The number of carbonyl (C=O) groups is 1. The lowest BCUT2D eigenvalue weighted by molar-refractivity contribution is 0.102. The molecule has 1 aromatic heterocycles. The van der Waals surface area contributed by atoms with Gasteiger partial charge in [0.25, 0.3) is 5.91 Å². The average Bonchev–Trinajstić information content (AvgIpc) is 2.60. The van der Waals surface area contributed by atoms with Gasteiger partial charge in [0.2, 0.25) is 0 Å². The van der Waals surface area contributed by atoms with Gasteiger partial charge in [-0.1, -0.05) is 35.4 Å². The molecule has 0 radical (unpaired) electrons. The van der Waals surface area contributed by atoms with E-state index < -0.39 is 0 Å². The smallest absolute Gasteiger partial charge is 0.275 e. The number of nitrogens with one attached hydrogen (secondary N) is 2. The molecule has 0 fully saturated rings. The lowest BCUT2D eigenvalue weighted by Gasteiger charge is -2.10. The van der Waals surface area contributed by atoms with Crippen LogP contribution in [0.5, 0.6) is 0 Å². The maximum atomic E-state index is 12.4. The number of anilines is 3. The Morgan fingerprint density at radius 2 is 1.42 bits per heavy atom. The van der Waals surface area contributed by atoms with Crippen LogP contribution >= 0.6 is 0 Å². The van der Waals surface area contributed by atoms with Crippen LogP contribution in [0.4, 0.5) is 17.2 Å². The number of benzene rings is 2. The van der Waals surface area contributed by atoms with Gasteiger partial charge >= 0.3 is 0 Å². The van der Waals surface area contributed by atoms with E-state index in [1.54, 1.807) is 6.20 Å². The molecule has 0 unspecified atom stereocenters. The minimum absolute atomic E-state index is 0.274. The molecule has 0 saturated heterocycles. The third-order valence-electron chi connectivity index (χ3n) is 4.16. The van der Waals surface area contributed by atoms with Crippen LogP contribution in [-0.2, 0) is 0 Å². The molecule has 0 aliphatic rings. The van der Waals surface area contributed by atoms with Crippen molar-refractivity contribution in [1.29, 1.82) is 0 Å². The zero-order chi connectivity index (χ0) is 18.7. The van der Waals surface area contributed by atoms with Gasteiger partial charge < -0.3 is 10.6 Å². The average molecular weight is 346 g/mol. The molecule has 1 heterocycles. The summed E-state index contributed by atoms with van der Waals surface area (Å²) in [5, 5.41) is 6.10. The molecule has 2 N–H and O–H groups in total. The summed E-state index contributed by atoms with van der Waals surface area (Å²) < 4.78 is 0. The van der Waals surface area contributed by atoms with Crippen LogP contribution in [0, 0.1) is 27.7 Å². The number of aromatic nitrogens is 2. The van der Waals surface area contributed by atoms with E-state index in [9.17, 15) is 4.79 Å². The first-order valence-corrected chi connectivity index (χ1v) is 8.47. The molecular formula is C21H22N4O. The molecule has 26 heavy (non-hydrogen) atoms. The Morgan fingerprint density at radius 3 is 1.96 bits per heavy atom. The van der Waals surface area contributed by atoms with Crippen LogP contribution in [0.3, 0.4) is 0 Å². The summed E-state index contributed by atoms with van der Waals surface area (Å²) in [6, 6.07) is 12.0. The molecule has 5 heteroatoms. The van der Waals surface area contributed by atoms with E-state index in [0.29, 0.717) is 5.82 Å². The molecule has 0 saturated carbocycles. The number of carbonyl (C=O) groups excluding carboxylic acids is 1. The molecule has 132 valence electrons. The molecule has 0 spiro atoms. The first-order valence-electron chi connectivity index (χ1n) is 8.47. The normalized spacial score (nSPS) is 10.5. The molecule has 2 aromatic carbocycles. The number of aryl methyl sites for hydroxylation is 4. The third-order valence-corrected chi connectivity index (χ3v) is 4.16. The van der Waals surface area contributed by atoms with Crippen molar-refractivity contribution in [3.05, 3.63) is 76.7 Å². The zero-order valence-corrected chi connectivity index (χ0v) is 15.4. The maximum absolute atomic E-state index is 12.4. The van der Waals surface area contributed by atoms with E-state index in [2.05, 4.69) is 33.6 Å². The van der Waals surface area contributed by atoms with Crippen molar-refractivity contribution in [2.45, 2.75) is 27.7 Å². The van der Waals surface area contributed by atoms with E-state index in [-0.39, 0.29) is 11.6 Å². The Labute approximate surface area is 153 Å². The molecule has 3 aromatic rings. The molecule has 1 amide bonds. The van der Waals surface area contributed by atoms with Gasteiger partial charge in [-0.3, -0.25) is 4.79 Å². The van der Waals surface area contributed by atoms with Gasteiger partial charge in [-0.05, 0) is 51.0 Å². The standard InChI is InChI=1S/C21H22N4O/c1-13-5-7-17(15(3)9-13)24-20-12-22-19(11-23-20)21(26)25-18-8-6-14(2)10-16(18)4/h5-12H,1-4H3,(H,23,24)(H,25,26). The summed E-state index contributed by atoms with van der Waals surface area (Å²) in [5.74, 6) is 0.322. The van der Waals surface area contributed by atoms with E-state index in [1.807, 2.05) is 51.1 Å². The fourth-order valence-corrected chi connectivity index (χ4v) is 2.74. The Bertz CT molecular complexity index is 949. The van der Waals surface area contributed by atoms with Crippen LogP contribution < -0.4 is 10.6 Å². The number of amides is 1. The Hall–Kier alpha value is -3.21. The predicted octanol–water partition coefficient (Wildman–Crippen LogP) is 4.71. The Morgan fingerprint density at radius 1 is 0.808 bits per heavy atom. The second-order valence-electron chi connectivity index (χ2n) is 6.50. The summed E-state index contributed by atoms with van der Waals surface area (Å²) >= 11 is 0. The van der Waals surface area contributed by atoms with Gasteiger partial charge in [0, 0.05) is 11.4 Å². The molecule has 5 nitrogen and oxygen atoms in total.